The molecule has 2 amide bonds. The summed E-state index contributed by atoms with van der Waals surface area (Å²) in [4.78, 5) is 25.2. The second-order valence-electron chi connectivity index (χ2n) is 6.03. The molecule has 0 saturated carbocycles. The van der Waals surface area contributed by atoms with E-state index in [9.17, 15) is 18.0 Å². The van der Waals surface area contributed by atoms with E-state index in [-0.39, 0.29) is 37.9 Å². The topological polar surface area (TPSA) is 96.0 Å². The average Bonchev–Trinajstić information content (AvgIpc) is 2.62. The predicted molar refractivity (Wildman–Crippen MR) is 97.5 cm³/mol. The van der Waals surface area contributed by atoms with Gasteiger partial charge in [0.15, 0.2) is 0 Å². The Kier molecular flexibility index (Phi) is 6.98. The van der Waals surface area contributed by atoms with Crippen molar-refractivity contribution in [1.82, 2.24) is 14.5 Å². The number of sulfonamides is 1. The number of rotatable bonds is 6. The second kappa shape index (κ2) is 9.00. The smallest absolute Gasteiger partial charge is 0.409 e. The van der Waals surface area contributed by atoms with Crippen molar-refractivity contribution in [2.75, 3.05) is 45.1 Å². The maximum atomic E-state index is 12.4. The molecule has 0 radical (unpaired) electrons. The normalized spacial score (nSPS) is 15.5. The second-order valence-corrected chi connectivity index (χ2v) is 8.11. The van der Waals surface area contributed by atoms with E-state index < -0.39 is 16.1 Å². The van der Waals surface area contributed by atoms with Crippen LogP contribution in [0.1, 0.15) is 22.8 Å². The Morgan fingerprint density at radius 1 is 1.19 bits per heavy atom. The Morgan fingerprint density at radius 3 is 2.50 bits per heavy atom. The van der Waals surface area contributed by atoms with Gasteiger partial charge in [0.25, 0.3) is 5.91 Å². The molecule has 1 aromatic carbocycles. The zero-order chi connectivity index (χ0) is 19.2. The monoisotopic (exact) mass is 383 g/mol. The maximum Gasteiger partial charge on any atom is 0.409 e. The molecule has 8 nitrogen and oxygen atoms in total. The van der Waals surface area contributed by atoms with Crippen LogP contribution in [0.4, 0.5) is 4.79 Å². The van der Waals surface area contributed by atoms with Crippen LogP contribution >= 0.6 is 0 Å². The fourth-order valence-corrected chi connectivity index (χ4v) is 4.01. The number of aryl methyl sites for hydroxylation is 1. The third-order valence-corrected chi connectivity index (χ3v) is 5.96. The van der Waals surface area contributed by atoms with E-state index in [1.807, 2.05) is 13.0 Å². The molecule has 0 aliphatic carbocycles. The van der Waals surface area contributed by atoms with Gasteiger partial charge >= 0.3 is 6.09 Å². The summed E-state index contributed by atoms with van der Waals surface area (Å²) in [6.45, 7) is 4.99. The predicted octanol–water partition coefficient (Wildman–Crippen LogP) is 0.829. The first kappa shape index (κ1) is 20.2. The molecule has 0 spiro atoms. The summed E-state index contributed by atoms with van der Waals surface area (Å²) < 4.78 is 31.1. The Morgan fingerprint density at radius 2 is 1.88 bits per heavy atom. The van der Waals surface area contributed by atoms with Gasteiger partial charge in [0.1, 0.15) is 0 Å². The lowest BCUT2D eigenvalue weighted by atomic mass is 10.1. The number of carbonyl (C=O) groups is 2. The summed E-state index contributed by atoms with van der Waals surface area (Å²) >= 11 is 0. The fraction of sp³-hybridized carbons (Fsp3) is 0.529. The van der Waals surface area contributed by atoms with E-state index in [4.69, 9.17) is 4.74 Å². The number of hydrogen-bond acceptors (Lipinski definition) is 5. The number of carbonyl (C=O) groups excluding carboxylic acids is 2. The summed E-state index contributed by atoms with van der Waals surface area (Å²) in [7, 11) is -3.49. The van der Waals surface area contributed by atoms with Crippen LogP contribution in [-0.2, 0) is 14.8 Å². The Labute approximate surface area is 154 Å². The molecule has 1 fully saturated rings. The molecule has 2 rings (SSSR count). The molecular weight excluding hydrogens is 358 g/mol. The van der Waals surface area contributed by atoms with Gasteiger partial charge in [-0.25, -0.2) is 13.2 Å². The van der Waals surface area contributed by atoms with Gasteiger partial charge in [-0.3, -0.25) is 4.79 Å². The first-order valence-electron chi connectivity index (χ1n) is 8.58. The molecule has 0 aromatic heterocycles. The number of nitrogens with one attached hydrogen (secondary N) is 1. The molecule has 0 unspecified atom stereocenters. The van der Waals surface area contributed by atoms with Crippen LogP contribution in [0.15, 0.2) is 24.3 Å². The number of hydrogen-bond donors (Lipinski definition) is 1. The highest BCUT2D eigenvalue weighted by atomic mass is 32.2. The van der Waals surface area contributed by atoms with Gasteiger partial charge in [0, 0.05) is 38.3 Å². The number of ether oxygens (including phenoxy) is 1. The van der Waals surface area contributed by atoms with Crippen LogP contribution in [0.3, 0.4) is 0 Å². The average molecular weight is 383 g/mol. The van der Waals surface area contributed by atoms with E-state index in [0.29, 0.717) is 18.7 Å². The molecule has 144 valence electrons. The van der Waals surface area contributed by atoms with Crippen molar-refractivity contribution in [3.8, 4) is 0 Å². The van der Waals surface area contributed by atoms with Crippen molar-refractivity contribution in [1.29, 1.82) is 0 Å². The molecule has 1 heterocycles. The molecule has 1 N–H and O–H groups in total. The van der Waals surface area contributed by atoms with Crippen molar-refractivity contribution in [2.24, 2.45) is 0 Å². The highest BCUT2D eigenvalue weighted by Gasteiger charge is 2.29. The van der Waals surface area contributed by atoms with Gasteiger partial charge in [-0.1, -0.05) is 17.7 Å². The zero-order valence-electron chi connectivity index (χ0n) is 15.1. The number of amides is 2. The Bertz CT molecular complexity index is 743. The summed E-state index contributed by atoms with van der Waals surface area (Å²) in [6.07, 6.45) is -0.421. The first-order valence-corrected chi connectivity index (χ1v) is 10.2. The largest absolute Gasteiger partial charge is 0.450 e. The number of nitrogens with zero attached hydrogens (tertiary/aromatic N) is 2. The SMILES string of the molecule is CCOC(=O)N1CCN(S(=O)(=O)CCNC(=O)c2cccc(C)c2)CC1. The lowest BCUT2D eigenvalue weighted by molar-refractivity contribution is 0.0928. The molecule has 0 bridgehead atoms. The highest BCUT2D eigenvalue weighted by Crippen LogP contribution is 2.09. The van der Waals surface area contributed by atoms with Gasteiger partial charge < -0.3 is 15.0 Å². The molecule has 1 aliphatic heterocycles. The lowest BCUT2D eigenvalue weighted by Gasteiger charge is -2.33. The molecular formula is C17H25N3O5S. The summed E-state index contributed by atoms with van der Waals surface area (Å²) in [5, 5.41) is 2.64. The van der Waals surface area contributed by atoms with Crippen LogP contribution < -0.4 is 5.32 Å². The highest BCUT2D eigenvalue weighted by molar-refractivity contribution is 7.89. The third kappa shape index (κ3) is 5.43. The number of benzene rings is 1. The standard InChI is InChI=1S/C17H25N3O5S/c1-3-25-17(22)19-8-10-20(11-9-19)26(23,24)12-7-18-16(21)15-6-4-5-14(2)13-15/h4-6,13H,3,7-12H2,1-2H3,(H,18,21). The van der Waals surface area contributed by atoms with Gasteiger partial charge in [0.2, 0.25) is 10.0 Å². The first-order chi connectivity index (χ1) is 12.3. The van der Waals surface area contributed by atoms with Crippen LogP contribution in [0, 0.1) is 6.92 Å². The molecule has 26 heavy (non-hydrogen) atoms. The van der Waals surface area contributed by atoms with Crippen LogP contribution in [0.25, 0.3) is 0 Å². The molecule has 1 saturated heterocycles. The van der Waals surface area contributed by atoms with E-state index >= 15 is 0 Å². The van der Waals surface area contributed by atoms with Crippen molar-refractivity contribution in [3.63, 3.8) is 0 Å². The van der Waals surface area contributed by atoms with E-state index in [1.54, 1.807) is 25.1 Å². The zero-order valence-corrected chi connectivity index (χ0v) is 15.9. The van der Waals surface area contributed by atoms with E-state index in [1.165, 1.54) is 9.21 Å². The molecule has 1 aromatic rings. The summed E-state index contributed by atoms with van der Waals surface area (Å²) in [5.41, 5.74) is 1.47. The van der Waals surface area contributed by atoms with Gasteiger partial charge in [-0.2, -0.15) is 4.31 Å². The Hall–Kier alpha value is -2.13. The Balaban J connectivity index is 1.80. The van der Waals surface area contributed by atoms with Gasteiger partial charge in [-0.05, 0) is 26.0 Å². The van der Waals surface area contributed by atoms with Gasteiger partial charge in [-0.15, -0.1) is 0 Å². The van der Waals surface area contributed by atoms with Gasteiger partial charge in [0.05, 0.1) is 12.4 Å². The summed E-state index contributed by atoms with van der Waals surface area (Å²) in [5.74, 6) is -0.472. The molecule has 1 aliphatic rings. The van der Waals surface area contributed by atoms with Crippen molar-refractivity contribution in [2.45, 2.75) is 13.8 Å². The van der Waals surface area contributed by atoms with E-state index in [0.717, 1.165) is 5.56 Å². The quantitative estimate of drug-likeness (QED) is 0.785. The third-order valence-electron chi connectivity index (χ3n) is 4.08. The summed E-state index contributed by atoms with van der Waals surface area (Å²) in [6, 6.07) is 7.10. The van der Waals surface area contributed by atoms with Crippen molar-refractivity contribution in [3.05, 3.63) is 35.4 Å². The van der Waals surface area contributed by atoms with Crippen LogP contribution in [0.5, 0.6) is 0 Å². The minimum atomic E-state index is -3.49. The van der Waals surface area contributed by atoms with Crippen molar-refractivity contribution < 1.29 is 22.7 Å². The fourth-order valence-electron chi connectivity index (χ4n) is 2.67. The number of piperazine rings is 1. The maximum absolute atomic E-state index is 12.4. The minimum Gasteiger partial charge on any atom is -0.450 e. The lowest BCUT2D eigenvalue weighted by Crippen LogP contribution is -2.51. The molecule has 9 heteroatoms. The van der Waals surface area contributed by atoms with Crippen LogP contribution in [-0.4, -0.2) is 74.7 Å². The minimum absolute atomic E-state index is 0.0349. The van der Waals surface area contributed by atoms with E-state index in [2.05, 4.69) is 5.32 Å². The molecule has 0 atom stereocenters. The van der Waals surface area contributed by atoms with Crippen molar-refractivity contribution >= 4 is 22.0 Å². The van der Waals surface area contributed by atoms with Crippen LogP contribution in [0.2, 0.25) is 0 Å².